The predicted octanol–water partition coefficient (Wildman–Crippen LogP) is 1.62. The zero-order chi connectivity index (χ0) is 13.8. The van der Waals surface area contributed by atoms with Gasteiger partial charge in [0.05, 0.1) is 0 Å². The number of carbonyl (C=O) groups excluding carboxylic acids is 2. The van der Waals surface area contributed by atoms with E-state index in [0.717, 1.165) is 0 Å². The quantitative estimate of drug-likeness (QED) is 0.820. The van der Waals surface area contributed by atoms with Crippen molar-refractivity contribution in [3.8, 4) is 0 Å². The zero-order valence-corrected chi connectivity index (χ0v) is 11.8. The second-order valence-corrected chi connectivity index (χ2v) is 5.60. The fourth-order valence-electron chi connectivity index (χ4n) is 1.23. The highest BCUT2D eigenvalue weighted by atomic mass is 16.6. The molecule has 17 heavy (non-hydrogen) atoms. The molecule has 0 aromatic heterocycles. The fourth-order valence-corrected chi connectivity index (χ4v) is 1.23. The molecule has 0 saturated heterocycles. The molecule has 100 valence electrons. The Morgan fingerprint density at radius 3 is 1.94 bits per heavy atom. The van der Waals surface area contributed by atoms with Crippen LogP contribution >= 0.6 is 0 Å². The maximum absolute atomic E-state index is 11.8. The highest BCUT2D eigenvalue weighted by Crippen LogP contribution is 2.09. The Bertz CT molecular complexity index is 280. The molecule has 0 aliphatic carbocycles. The first kappa shape index (κ1) is 15.7. The van der Waals surface area contributed by atoms with Crippen molar-refractivity contribution >= 4 is 12.0 Å². The van der Waals surface area contributed by atoms with Gasteiger partial charge in [-0.25, -0.2) is 4.79 Å². The van der Waals surface area contributed by atoms with Crippen LogP contribution in [0.3, 0.4) is 0 Å². The standard InChI is InChI=1S/C12H24N2O3/c1-8(2)9(10(15)14(6)7)13-11(16)17-12(3,4)5/h8-9H,1-7H3,(H,13,16). The van der Waals surface area contributed by atoms with E-state index in [9.17, 15) is 9.59 Å². The molecule has 5 heteroatoms. The van der Waals surface area contributed by atoms with Gasteiger partial charge in [0.1, 0.15) is 11.6 Å². The third-order valence-corrected chi connectivity index (χ3v) is 2.05. The van der Waals surface area contributed by atoms with Crippen molar-refractivity contribution in [3.63, 3.8) is 0 Å². The first-order valence-corrected chi connectivity index (χ1v) is 5.75. The van der Waals surface area contributed by atoms with Crippen LogP contribution in [0.5, 0.6) is 0 Å². The van der Waals surface area contributed by atoms with E-state index in [0.29, 0.717) is 0 Å². The van der Waals surface area contributed by atoms with E-state index in [-0.39, 0.29) is 11.8 Å². The average molecular weight is 244 g/mol. The monoisotopic (exact) mass is 244 g/mol. The number of alkyl carbamates (subject to hydrolysis) is 1. The van der Waals surface area contributed by atoms with Crippen molar-refractivity contribution in [2.24, 2.45) is 5.92 Å². The lowest BCUT2D eigenvalue weighted by Gasteiger charge is -2.26. The van der Waals surface area contributed by atoms with Crippen LogP contribution in [0.4, 0.5) is 4.79 Å². The Morgan fingerprint density at radius 1 is 1.18 bits per heavy atom. The van der Waals surface area contributed by atoms with Crippen molar-refractivity contribution in [1.82, 2.24) is 10.2 Å². The van der Waals surface area contributed by atoms with E-state index in [1.807, 2.05) is 13.8 Å². The number of ether oxygens (including phenoxy) is 1. The third-order valence-electron chi connectivity index (χ3n) is 2.05. The second-order valence-electron chi connectivity index (χ2n) is 5.60. The van der Waals surface area contributed by atoms with Crippen LogP contribution in [0, 0.1) is 5.92 Å². The molecule has 0 saturated carbocycles. The number of amides is 2. The van der Waals surface area contributed by atoms with Gasteiger partial charge in [0, 0.05) is 14.1 Å². The smallest absolute Gasteiger partial charge is 0.408 e. The van der Waals surface area contributed by atoms with Gasteiger partial charge >= 0.3 is 6.09 Å². The summed E-state index contributed by atoms with van der Waals surface area (Å²) in [6.07, 6.45) is -0.564. The lowest BCUT2D eigenvalue weighted by molar-refractivity contribution is -0.132. The van der Waals surface area contributed by atoms with Crippen LogP contribution in [0.1, 0.15) is 34.6 Å². The van der Waals surface area contributed by atoms with Gasteiger partial charge in [-0.2, -0.15) is 0 Å². The zero-order valence-electron chi connectivity index (χ0n) is 11.8. The van der Waals surface area contributed by atoms with Crippen LogP contribution < -0.4 is 5.32 Å². The Labute approximate surface area is 103 Å². The Hall–Kier alpha value is -1.26. The van der Waals surface area contributed by atoms with Crippen LogP contribution in [0.25, 0.3) is 0 Å². The van der Waals surface area contributed by atoms with E-state index in [2.05, 4.69) is 5.32 Å². The van der Waals surface area contributed by atoms with Gasteiger partial charge in [0.2, 0.25) is 5.91 Å². The predicted molar refractivity (Wildman–Crippen MR) is 66.7 cm³/mol. The first-order valence-electron chi connectivity index (χ1n) is 5.75. The SMILES string of the molecule is CC(C)C(NC(=O)OC(C)(C)C)C(=O)N(C)C. The van der Waals surface area contributed by atoms with E-state index < -0.39 is 17.7 Å². The number of nitrogens with zero attached hydrogens (tertiary/aromatic N) is 1. The summed E-state index contributed by atoms with van der Waals surface area (Å²) in [6.45, 7) is 9.10. The van der Waals surface area contributed by atoms with Crippen molar-refractivity contribution in [2.75, 3.05) is 14.1 Å². The summed E-state index contributed by atoms with van der Waals surface area (Å²) in [5.74, 6) is -0.122. The first-order chi connectivity index (χ1) is 7.54. The normalized spacial score (nSPS) is 13.2. The molecule has 0 spiro atoms. The molecule has 0 aliphatic rings. The number of hydrogen-bond acceptors (Lipinski definition) is 3. The molecule has 0 aliphatic heterocycles. The van der Waals surface area contributed by atoms with Gasteiger partial charge in [-0.3, -0.25) is 4.79 Å². The van der Waals surface area contributed by atoms with Gasteiger partial charge in [-0.05, 0) is 26.7 Å². The molecule has 0 radical (unpaired) electrons. The molecule has 0 fully saturated rings. The molecular weight excluding hydrogens is 220 g/mol. The molecule has 0 heterocycles. The summed E-state index contributed by atoms with van der Waals surface area (Å²) in [5.41, 5.74) is -0.563. The number of carbonyl (C=O) groups is 2. The molecule has 0 aromatic carbocycles. The summed E-state index contributed by atoms with van der Waals surface area (Å²) >= 11 is 0. The number of likely N-dealkylation sites (N-methyl/N-ethyl adjacent to an activating group) is 1. The van der Waals surface area contributed by atoms with Gasteiger partial charge in [0.15, 0.2) is 0 Å². The molecule has 2 amide bonds. The Kier molecular flexibility index (Phi) is 5.45. The topological polar surface area (TPSA) is 58.6 Å². The largest absolute Gasteiger partial charge is 0.444 e. The highest BCUT2D eigenvalue weighted by molar-refractivity contribution is 5.85. The number of nitrogens with one attached hydrogen (secondary N) is 1. The molecule has 1 atom stereocenters. The summed E-state index contributed by atoms with van der Waals surface area (Å²) in [6, 6.07) is -0.556. The van der Waals surface area contributed by atoms with Gasteiger partial charge < -0.3 is 15.0 Å². The molecule has 0 bridgehead atoms. The summed E-state index contributed by atoms with van der Waals surface area (Å²) < 4.78 is 5.13. The molecule has 5 nitrogen and oxygen atoms in total. The molecule has 1 N–H and O–H groups in total. The minimum absolute atomic E-state index is 0.0115. The molecule has 1 unspecified atom stereocenters. The van der Waals surface area contributed by atoms with Crippen molar-refractivity contribution in [2.45, 2.75) is 46.3 Å². The van der Waals surface area contributed by atoms with Gasteiger partial charge in [0.25, 0.3) is 0 Å². The maximum atomic E-state index is 11.8. The lowest BCUT2D eigenvalue weighted by atomic mass is 10.0. The molecule has 0 rings (SSSR count). The van der Waals surface area contributed by atoms with E-state index in [1.54, 1.807) is 34.9 Å². The van der Waals surface area contributed by atoms with Crippen molar-refractivity contribution in [1.29, 1.82) is 0 Å². The summed E-state index contributed by atoms with van der Waals surface area (Å²) in [5, 5.41) is 2.60. The van der Waals surface area contributed by atoms with Crippen LogP contribution in [0.2, 0.25) is 0 Å². The van der Waals surface area contributed by atoms with Crippen LogP contribution in [0.15, 0.2) is 0 Å². The average Bonchev–Trinajstić information content (AvgIpc) is 2.09. The fraction of sp³-hybridized carbons (Fsp3) is 0.833. The number of rotatable bonds is 3. The summed E-state index contributed by atoms with van der Waals surface area (Å²) in [4.78, 5) is 24.9. The minimum atomic E-state index is -0.564. The minimum Gasteiger partial charge on any atom is -0.444 e. The van der Waals surface area contributed by atoms with Crippen LogP contribution in [-0.2, 0) is 9.53 Å². The molecular formula is C12H24N2O3. The number of hydrogen-bond donors (Lipinski definition) is 1. The third kappa shape index (κ3) is 6.14. The second kappa shape index (κ2) is 5.89. The van der Waals surface area contributed by atoms with Gasteiger partial charge in [-0.15, -0.1) is 0 Å². The maximum Gasteiger partial charge on any atom is 0.408 e. The van der Waals surface area contributed by atoms with Gasteiger partial charge in [-0.1, -0.05) is 13.8 Å². The Morgan fingerprint density at radius 2 is 1.65 bits per heavy atom. The van der Waals surface area contributed by atoms with Crippen molar-refractivity contribution in [3.05, 3.63) is 0 Å². The summed E-state index contributed by atoms with van der Waals surface area (Å²) in [7, 11) is 3.32. The Balaban J connectivity index is 4.57. The van der Waals surface area contributed by atoms with Crippen LogP contribution in [-0.4, -0.2) is 42.6 Å². The van der Waals surface area contributed by atoms with E-state index in [4.69, 9.17) is 4.74 Å². The highest BCUT2D eigenvalue weighted by Gasteiger charge is 2.27. The van der Waals surface area contributed by atoms with E-state index in [1.165, 1.54) is 4.90 Å². The lowest BCUT2D eigenvalue weighted by Crippen LogP contribution is -2.50. The van der Waals surface area contributed by atoms with E-state index >= 15 is 0 Å². The van der Waals surface area contributed by atoms with Crippen molar-refractivity contribution < 1.29 is 14.3 Å². The molecule has 0 aromatic rings.